The summed E-state index contributed by atoms with van der Waals surface area (Å²) in [5, 5.41) is 12.2. The summed E-state index contributed by atoms with van der Waals surface area (Å²) in [6, 6.07) is 2.52. The minimum atomic E-state index is -1.06. The van der Waals surface area contributed by atoms with Gasteiger partial charge in [0.1, 0.15) is 6.04 Å². The van der Waals surface area contributed by atoms with Gasteiger partial charge in [0.05, 0.1) is 6.33 Å². The SMILES string of the molecule is O=C(O)[C@H](Cc1cnc[nH]1)NC(=O)N(Cc1ccncc1)C1CCCCC1. The lowest BCUT2D eigenvalue weighted by molar-refractivity contribution is -0.139. The number of carbonyl (C=O) groups is 2. The molecule has 144 valence electrons. The maximum atomic E-state index is 13.0. The molecule has 0 aliphatic heterocycles. The van der Waals surface area contributed by atoms with Crippen molar-refractivity contribution in [2.75, 3.05) is 0 Å². The van der Waals surface area contributed by atoms with Gasteiger partial charge in [-0.3, -0.25) is 4.98 Å². The molecule has 2 aromatic heterocycles. The number of amides is 2. The van der Waals surface area contributed by atoms with Crippen LogP contribution in [0.3, 0.4) is 0 Å². The number of hydrogen-bond donors (Lipinski definition) is 3. The van der Waals surface area contributed by atoms with Crippen molar-refractivity contribution >= 4 is 12.0 Å². The Hall–Kier alpha value is -2.90. The Morgan fingerprint density at radius 2 is 1.96 bits per heavy atom. The molecular weight excluding hydrogens is 346 g/mol. The molecule has 0 saturated heterocycles. The molecule has 3 rings (SSSR count). The molecule has 0 bridgehead atoms. The molecule has 2 amide bonds. The number of carbonyl (C=O) groups excluding carboxylic acids is 1. The van der Waals surface area contributed by atoms with Crippen LogP contribution in [-0.2, 0) is 17.8 Å². The van der Waals surface area contributed by atoms with Crippen molar-refractivity contribution in [1.29, 1.82) is 0 Å². The number of pyridine rings is 1. The number of aromatic nitrogens is 3. The molecule has 1 aliphatic rings. The van der Waals surface area contributed by atoms with Crippen LogP contribution in [0.4, 0.5) is 4.79 Å². The smallest absolute Gasteiger partial charge is 0.326 e. The van der Waals surface area contributed by atoms with E-state index in [9.17, 15) is 14.7 Å². The van der Waals surface area contributed by atoms with Crippen LogP contribution in [0.5, 0.6) is 0 Å². The lowest BCUT2D eigenvalue weighted by Gasteiger charge is -2.35. The maximum absolute atomic E-state index is 13.0. The molecular formula is C19H25N5O3. The molecule has 8 nitrogen and oxygen atoms in total. The average Bonchev–Trinajstić information content (AvgIpc) is 3.20. The molecule has 3 N–H and O–H groups in total. The van der Waals surface area contributed by atoms with E-state index in [1.54, 1.807) is 23.5 Å². The number of H-pyrrole nitrogens is 1. The molecule has 0 radical (unpaired) electrons. The van der Waals surface area contributed by atoms with E-state index in [-0.39, 0.29) is 18.5 Å². The Morgan fingerprint density at radius 3 is 2.59 bits per heavy atom. The van der Waals surface area contributed by atoms with Gasteiger partial charge in [-0.05, 0) is 30.5 Å². The third kappa shape index (κ3) is 5.29. The van der Waals surface area contributed by atoms with E-state index in [1.165, 1.54) is 12.7 Å². The molecule has 2 heterocycles. The summed E-state index contributed by atoms with van der Waals surface area (Å²) in [6.07, 6.45) is 11.9. The molecule has 27 heavy (non-hydrogen) atoms. The molecule has 2 aromatic rings. The minimum Gasteiger partial charge on any atom is -0.480 e. The third-order valence-electron chi connectivity index (χ3n) is 4.95. The monoisotopic (exact) mass is 371 g/mol. The van der Waals surface area contributed by atoms with E-state index < -0.39 is 12.0 Å². The van der Waals surface area contributed by atoms with Gasteiger partial charge in [-0.1, -0.05) is 19.3 Å². The largest absolute Gasteiger partial charge is 0.480 e. The topological polar surface area (TPSA) is 111 Å². The molecule has 1 fully saturated rings. The Kier molecular flexibility index (Phi) is 6.40. The van der Waals surface area contributed by atoms with Crippen molar-refractivity contribution in [1.82, 2.24) is 25.2 Å². The van der Waals surface area contributed by atoms with Gasteiger partial charge >= 0.3 is 12.0 Å². The van der Waals surface area contributed by atoms with E-state index in [0.29, 0.717) is 12.2 Å². The van der Waals surface area contributed by atoms with Crippen LogP contribution < -0.4 is 5.32 Å². The number of rotatable bonds is 7. The second kappa shape index (κ2) is 9.16. The standard InChI is InChI=1S/C19H25N5O3/c25-18(26)17(10-15-11-21-13-22-15)23-19(27)24(16-4-2-1-3-5-16)12-14-6-8-20-9-7-14/h6-9,11,13,16-17H,1-5,10,12H2,(H,21,22)(H,23,27)(H,25,26)/t17-/m0/s1. The van der Waals surface area contributed by atoms with E-state index in [1.807, 2.05) is 12.1 Å². The minimum absolute atomic E-state index is 0.119. The van der Waals surface area contributed by atoms with Gasteiger partial charge in [0.2, 0.25) is 0 Å². The van der Waals surface area contributed by atoms with Crippen molar-refractivity contribution in [3.05, 3.63) is 48.3 Å². The normalized spacial score (nSPS) is 15.9. The van der Waals surface area contributed by atoms with Crippen molar-refractivity contribution in [3.63, 3.8) is 0 Å². The second-order valence-corrected chi connectivity index (χ2v) is 6.90. The fourth-order valence-electron chi connectivity index (χ4n) is 3.49. The third-order valence-corrected chi connectivity index (χ3v) is 4.95. The molecule has 1 atom stereocenters. The Bertz CT molecular complexity index is 729. The molecule has 0 aromatic carbocycles. The highest BCUT2D eigenvalue weighted by atomic mass is 16.4. The predicted octanol–water partition coefficient (Wildman–Crippen LogP) is 2.34. The summed E-state index contributed by atoms with van der Waals surface area (Å²) in [5.74, 6) is -1.06. The molecule has 1 aliphatic carbocycles. The van der Waals surface area contributed by atoms with Crippen LogP contribution in [0.15, 0.2) is 37.1 Å². The van der Waals surface area contributed by atoms with Gasteiger partial charge < -0.3 is 20.3 Å². The van der Waals surface area contributed by atoms with Crippen LogP contribution in [-0.4, -0.2) is 49.0 Å². The summed E-state index contributed by atoms with van der Waals surface area (Å²) in [6.45, 7) is 0.440. The lowest BCUT2D eigenvalue weighted by Crippen LogP contribution is -2.52. The summed E-state index contributed by atoms with van der Waals surface area (Å²) in [4.78, 5) is 37.2. The number of urea groups is 1. The fraction of sp³-hybridized carbons (Fsp3) is 0.474. The number of carboxylic acids is 1. The highest BCUT2D eigenvalue weighted by Crippen LogP contribution is 2.24. The Morgan fingerprint density at radius 1 is 1.22 bits per heavy atom. The van der Waals surface area contributed by atoms with E-state index in [0.717, 1.165) is 31.2 Å². The highest BCUT2D eigenvalue weighted by Gasteiger charge is 2.29. The van der Waals surface area contributed by atoms with Crippen molar-refractivity contribution in [2.45, 2.75) is 57.2 Å². The van der Waals surface area contributed by atoms with Gasteiger partial charge in [-0.15, -0.1) is 0 Å². The number of nitrogens with one attached hydrogen (secondary N) is 2. The van der Waals surface area contributed by atoms with Gasteiger partial charge in [0.25, 0.3) is 0 Å². The Balaban J connectivity index is 1.73. The highest BCUT2D eigenvalue weighted by molar-refractivity contribution is 5.83. The van der Waals surface area contributed by atoms with Gasteiger partial charge in [0.15, 0.2) is 0 Å². The van der Waals surface area contributed by atoms with Crippen LogP contribution >= 0.6 is 0 Å². The number of carboxylic acid groups (broad SMARTS) is 1. The van der Waals surface area contributed by atoms with Crippen LogP contribution in [0, 0.1) is 0 Å². The summed E-state index contributed by atoms with van der Waals surface area (Å²) < 4.78 is 0. The Labute approximate surface area is 158 Å². The number of aliphatic carboxylic acids is 1. The van der Waals surface area contributed by atoms with Crippen LogP contribution in [0.25, 0.3) is 0 Å². The van der Waals surface area contributed by atoms with Gasteiger partial charge in [0, 0.05) is 43.3 Å². The zero-order valence-electron chi connectivity index (χ0n) is 15.2. The van der Waals surface area contributed by atoms with E-state index in [2.05, 4.69) is 20.3 Å². The first-order valence-corrected chi connectivity index (χ1v) is 9.29. The zero-order valence-corrected chi connectivity index (χ0v) is 15.2. The number of imidazole rings is 1. The van der Waals surface area contributed by atoms with Crippen LogP contribution in [0.1, 0.15) is 43.4 Å². The van der Waals surface area contributed by atoms with Crippen molar-refractivity contribution < 1.29 is 14.7 Å². The number of hydrogen-bond acceptors (Lipinski definition) is 4. The van der Waals surface area contributed by atoms with Crippen molar-refractivity contribution in [3.8, 4) is 0 Å². The molecule has 0 unspecified atom stereocenters. The number of aromatic amines is 1. The first-order chi connectivity index (χ1) is 13.1. The summed E-state index contributed by atoms with van der Waals surface area (Å²) in [7, 11) is 0. The zero-order chi connectivity index (χ0) is 19.1. The molecule has 1 saturated carbocycles. The average molecular weight is 371 g/mol. The van der Waals surface area contributed by atoms with E-state index in [4.69, 9.17) is 0 Å². The molecule has 0 spiro atoms. The summed E-state index contributed by atoms with van der Waals surface area (Å²) >= 11 is 0. The van der Waals surface area contributed by atoms with Gasteiger partial charge in [-0.2, -0.15) is 0 Å². The van der Waals surface area contributed by atoms with E-state index >= 15 is 0 Å². The maximum Gasteiger partial charge on any atom is 0.326 e. The quantitative estimate of drug-likeness (QED) is 0.692. The van der Waals surface area contributed by atoms with Gasteiger partial charge in [-0.25, -0.2) is 14.6 Å². The first-order valence-electron chi connectivity index (χ1n) is 9.29. The molecule has 8 heteroatoms. The lowest BCUT2D eigenvalue weighted by atomic mass is 9.94. The number of nitrogens with zero attached hydrogens (tertiary/aromatic N) is 3. The first kappa shape index (κ1) is 18.9. The second-order valence-electron chi connectivity index (χ2n) is 6.90. The fourth-order valence-corrected chi connectivity index (χ4v) is 3.49. The predicted molar refractivity (Wildman–Crippen MR) is 98.9 cm³/mol. The van der Waals surface area contributed by atoms with Crippen molar-refractivity contribution in [2.24, 2.45) is 0 Å². The van der Waals surface area contributed by atoms with Crippen LogP contribution in [0.2, 0.25) is 0 Å². The summed E-state index contributed by atoms with van der Waals surface area (Å²) in [5.41, 5.74) is 1.65.